The summed E-state index contributed by atoms with van der Waals surface area (Å²) in [6.07, 6.45) is 3.94. The van der Waals surface area contributed by atoms with Crippen LogP contribution in [0.3, 0.4) is 0 Å². The number of anilines is 1. The summed E-state index contributed by atoms with van der Waals surface area (Å²) in [6.45, 7) is 4.01. The van der Waals surface area contributed by atoms with Crippen LogP contribution in [-0.2, 0) is 4.79 Å². The molecule has 0 radical (unpaired) electrons. The fraction of sp³-hybridized carbons (Fsp3) is 0.267. The van der Waals surface area contributed by atoms with Crippen LogP contribution in [0.1, 0.15) is 24.9 Å². The van der Waals surface area contributed by atoms with Gasteiger partial charge < -0.3 is 5.32 Å². The first-order chi connectivity index (χ1) is 10.1. The topological polar surface area (TPSA) is 59.8 Å². The van der Waals surface area contributed by atoms with Gasteiger partial charge in [-0.3, -0.25) is 9.48 Å². The molecule has 3 rings (SSSR count). The lowest BCUT2D eigenvalue weighted by Crippen LogP contribution is -2.17. The largest absolute Gasteiger partial charge is 0.302 e. The monoisotopic (exact) mass is 300 g/mol. The van der Waals surface area contributed by atoms with Crippen LogP contribution < -0.4 is 5.32 Å². The van der Waals surface area contributed by atoms with Crippen molar-refractivity contribution >= 4 is 32.6 Å². The first kappa shape index (κ1) is 13.8. The molecule has 0 spiro atoms. The van der Waals surface area contributed by atoms with Crippen LogP contribution in [0.4, 0.5) is 5.13 Å². The van der Waals surface area contributed by atoms with Crippen molar-refractivity contribution in [3.8, 4) is 0 Å². The Morgan fingerprint density at radius 3 is 3.10 bits per heavy atom. The Labute approximate surface area is 126 Å². The number of thiazole rings is 1. The minimum absolute atomic E-state index is 0.0247. The number of aromatic nitrogens is 3. The number of nitrogens with zero attached hydrogens (tertiary/aromatic N) is 3. The minimum atomic E-state index is -0.0474. The summed E-state index contributed by atoms with van der Waals surface area (Å²) in [5, 5.41) is 7.66. The van der Waals surface area contributed by atoms with Crippen LogP contribution in [0.2, 0.25) is 0 Å². The van der Waals surface area contributed by atoms with Gasteiger partial charge in [0.1, 0.15) is 0 Å². The lowest BCUT2D eigenvalue weighted by Gasteiger charge is -2.10. The highest BCUT2D eigenvalue weighted by molar-refractivity contribution is 7.22. The Bertz CT molecular complexity index is 763. The first-order valence-electron chi connectivity index (χ1n) is 6.78. The second-order valence-corrected chi connectivity index (χ2v) is 6.11. The number of rotatable bonds is 4. The molecule has 0 fully saturated rings. The van der Waals surface area contributed by atoms with E-state index in [0.717, 1.165) is 10.2 Å². The van der Waals surface area contributed by atoms with E-state index in [0.29, 0.717) is 11.6 Å². The molecule has 0 saturated carbocycles. The molecule has 2 aromatic heterocycles. The van der Waals surface area contributed by atoms with Crippen LogP contribution in [0.15, 0.2) is 36.7 Å². The highest BCUT2D eigenvalue weighted by Gasteiger charge is 2.13. The van der Waals surface area contributed by atoms with Crippen molar-refractivity contribution in [2.45, 2.75) is 26.3 Å². The quantitative estimate of drug-likeness (QED) is 0.803. The first-order valence-corrected chi connectivity index (χ1v) is 7.59. The molecular formula is C15H16N4OS. The number of amides is 1. The van der Waals surface area contributed by atoms with E-state index in [9.17, 15) is 4.79 Å². The number of hydrogen-bond donors (Lipinski definition) is 1. The summed E-state index contributed by atoms with van der Waals surface area (Å²) in [7, 11) is 0. The second kappa shape index (κ2) is 5.65. The predicted octanol–water partition coefficient (Wildman–Crippen LogP) is 3.39. The van der Waals surface area contributed by atoms with Crippen molar-refractivity contribution in [1.29, 1.82) is 0 Å². The van der Waals surface area contributed by atoms with E-state index in [2.05, 4.69) is 21.5 Å². The van der Waals surface area contributed by atoms with Gasteiger partial charge in [0.15, 0.2) is 5.13 Å². The van der Waals surface area contributed by atoms with Gasteiger partial charge in [-0.25, -0.2) is 4.98 Å². The molecule has 1 atom stereocenters. The van der Waals surface area contributed by atoms with Gasteiger partial charge >= 0.3 is 0 Å². The normalized spacial score (nSPS) is 12.5. The van der Waals surface area contributed by atoms with Crippen molar-refractivity contribution in [1.82, 2.24) is 14.8 Å². The Morgan fingerprint density at radius 2 is 2.33 bits per heavy atom. The smallest absolute Gasteiger partial charge is 0.228 e. The van der Waals surface area contributed by atoms with Crippen molar-refractivity contribution in [2.24, 2.45) is 0 Å². The van der Waals surface area contributed by atoms with Crippen molar-refractivity contribution < 1.29 is 4.79 Å². The molecule has 0 saturated heterocycles. The highest BCUT2D eigenvalue weighted by Crippen LogP contribution is 2.27. The molecule has 0 bridgehead atoms. The van der Waals surface area contributed by atoms with Crippen molar-refractivity contribution in [2.75, 3.05) is 5.32 Å². The van der Waals surface area contributed by atoms with Crippen LogP contribution in [-0.4, -0.2) is 20.7 Å². The minimum Gasteiger partial charge on any atom is -0.302 e. The number of benzene rings is 1. The van der Waals surface area contributed by atoms with Crippen LogP contribution in [0.5, 0.6) is 0 Å². The predicted molar refractivity (Wildman–Crippen MR) is 84.5 cm³/mol. The number of aryl methyl sites for hydroxylation is 1. The number of carbonyl (C=O) groups is 1. The van der Waals surface area contributed by atoms with Gasteiger partial charge in [0.2, 0.25) is 5.91 Å². The molecule has 2 heterocycles. The lowest BCUT2D eigenvalue weighted by molar-refractivity contribution is -0.116. The number of carbonyl (C=O) groups excluding carboxylic acids is 1. The van der Waals surface area contributed by atoms with Gasteiger partial charge in [-0.15, -0.1) is 0 Å². The molecule has 0 aliphatic rings. The molecule has 1 N–H and O–H groups in total. The van der Waals surface area contributed by atoms with Gasteiger partial charge in [-0.1, -0.05) is 17.4 Å². The third kappa shape index (κ3) is 3.11. The standard InChI is InChI=1S/C15H16N4OS/c1-10-4-5-12-13(8-10)21-15(17-12)18-14(20)9-11(2)19-7-3-6-16-19/h3-8,11H,9H2,1-2H3,(H,17,18,20). The molecule has 0 aliphatic heterocycles. The fourth-order valence-electron chi connectivity index (χ4n) is 2.16. The van der Waals surface area contributed by atoms with Crippen LogP contribution >= 0.6 is 11.3 Å². The average molecular weight is 300 g/mol. The Kier molecular flexibility index (Phi) is 3.70. The second-order valence-electron chi connectivity index (χ2n) is 5.08. The number of nitrogens with one attached hydrogen (secondary N) is 1. The Balaban J connectivity index is 1.68. The van der Waals surface area contributed by atoms with E-state index in [1.54, 1.807) is 10.9 Å². The third-order valence-electron chi connectivity index (χ3n) is 3.25. The Hall–Kier alpha value is -2.21. The van der Waals surface area contributed by atoms with Crippen LogP contribution in [0.25, 0.3) is 10.2 Å². The molecular weight excluding hydrogens is 284 g/mol. The molecule has 3 aromatic rings. The number of hydrogen-bond acceptors (Lipinski definition) is 4. The zero-order valence-electron chi connectivity index (χ0n) is 11.9. The molecule has 5 nitrogen and oxygen atoms in total. The van der Waals surface area contributed by atoms with Gasteiger partial charge in [-0.2, -0.15) is 5.10 Å². The summed E-state index contributed by atoms with van der Waals surface area (Å²) >= 11 is 1.50. The highest BCUT2D eigenvalue weighted by atomic mass is 32.1. The maximum atomic E-state index is 12.1. The maximum absolute atomic E-state index is 12.1. The van der Waals surface area contributed by atoms with Crippen molar-refractivity contribution in [3.05, 3.63) is 42.2 Å². The molecule has 0 aliphatic carbocycles. The lowest BCUT2D eigenvalue weighted by atomic mass is 10.2. The molecule has 21 heavy (non-hydrogen) atoms. The van der Waals surface area contributed by atoms with Gasteiger partial charge in [0, 0.05) is 18.8 Å². The molecule has 6 heteroatoms. The van der Waals surface area contributed by atoms with Gasteiger partial charge in [0.25, 0.3) is 0 Å². The Morgan fingerprint density at radius 1 is 1.48 bits per heavy atom. The molecule has 1 amide bonds. The zero-order chi connectivity index (χ0) is 14.8. The summed E-state index contributed by atoms with van der Waals surface area (Å²) in [5.74, 6) is -0.0474. The fourth-order valence-corrected chi connectivity index (χ4v) is 3.14. The maximum Gasteiger partial charge on any atom is 0.228 e. The molecule has 1 unspecified atom stereocenters. The van der Waals surface area contributed by atoms with E-state index < -0.39 is 0 Å². The van der Waals surface area contributed by atoms with E-state index >= 15 is 0 Å². The van der Waals surface area contributed by atoms with E-state index in [4.69, 9.17) is 0 Å². The van der Waals surface area contributed by atoms with Gasteiger partial charge in [0.05, 0.1) is 16.3 Å². The summed E-state index contributed by atoms with van der Waals surface area (Å²) in [6, 6.07) is 7.95. The van der Waals surface area contributed by atoms with E-state index in [1.807, 2.05) is 38.2 Å². The van der Waals surface area contributed by atoms with E-state index in [1.165, 1.54) is 16.9 Å². The molecule has 108 valence electrons. The zero-order valence-corrected chi connectivity index (χ0v) is 12.7. The number of fused-ring (bicyclic) bond motifs is 1. The summed E-state index contributed by atoms with van der Waals surface area (Å²) < 4.78 is 2.87. The van der Waals surface area contributed by atoms with E-state index in [-0.39, 0.29) is 11.9 Å². The van der Waals surface area contributed by atoms with Gasteiger partial charge in [-0.05, 0) is 37.6 Å². The average Bonchev–Trinajstić information content (AvgIpc) is 3.06. The summed E-state index contributed by atoms with van der Waals surface area (Å²) in [4.78, 5) is 16.5. The third-order valence-corrected chi connectivity index (χ3v) is 4.18. The SMILES string of the molecule is Cc1ccc2nc(NC(=O)CC(C)n3cccn3)sc2c1. The summed E-state index contributed by atoms with van der Waals surface area (Å²) in [5.41, 5.74) is 2.11. The molecule has 1 aromatic carbocycles. The van der Waals surface area contributed by atoms with Crippen molar-refractivity contribution in [3.63, 3.8) is 0 Å². The van der Waals surface area contributed by atoms with Crippen LogP contribution in [0, 0.1) is 6.92 Å².